The number of ether oxygens (including phenoxy) is 1. The van der Waals surface area contributed by atoms with Gasteiger partial charge in [0.25, 0.3) is 0 Å². The molecule has 17 heavy (non-hydrogen) atoms. The van der Waals surface area contributed by atoms with Gasteiger partial charge in [0.15, 0.2) is 0 Å². The lowest BCUT2D eigenvalue weighted by Crippen LogP contribution is -2.54. The topological polar surface area (TPSA) is 66.8 Å². The minimum absolute atomic E-state index is 0.355. The maximum Gasteiger partial charge on any atom is 0.411 e. The van der Waals surface area contributed by atoms with E-state index in [9.17, 15) is 9.59 Å². The number of carboxylic acids is 1. The van der Waals surface area contributed by atoms with Gasteiger partial charge in [-0.05, 0) is 41.0 Å². The van der Waals surface area contributed by atoms with Crippen molar-refractivity contribution in [3.63, 3.8) is 0 Å². The maximum atomic E-state index is 11.9. The van der Waals surface area contributed by atoms with Crippen molar-refractivity contribution in [2.45, 2.75) is 59.1 Å². The van der Waals surface area contributed by atoms with Crippen molar-refractivity contribution in [1.29, 1.82) is 0 Å². The van der Waals surface area contributed by atoms with E-state index in [4.69, 9.17) is 9.84 Å². The Morgan fingerprint density at radius 2 is 1.65 bits per heavy atom. The fourth-order valence-corrected chi connectivity index (χ4v) is 1.26. The lowest BCUT2D eigenvalue weighted by molar-refractivity contribution is -0.149. The molecule has 0 bridgehead atoms. The third-order valence-electron chi connectivity index (χ3n) is 2.26. The van der Waals surface area contributed by atoms with Gasteiger partial charge in [-0.3, -0.25) is 4.90 Å². The van der Waals surface area contributed by atoms with Crippen LogP contribution in [0.1, 0.15) is 48.0 Å². The van der Waals surface area contributed by atoms with Gasteiger partial charge in [0.2, 0.25) is 0 Å². The molecule has 0 unspecified atom stereocenters. The summed E-state index contributed by atoms with van der Waals surface area (Å²) >= 11 is 0. The van der Waals surface area contributed by atoms with Gasteiger partial charge >= 0.3 is 12.1 Å². The lowest BCUT2D eigenvalue weighted by Gasteiger charge is -2.36. The highest BCUT2D eigenvalue weighted by atomic mass is 16.6. The zero-order valence-corrected chi connectivity index (χ0v) is 11.5. The van der Waals surface area contributed by atoms with Gasteiger partial charge in [-0.2, -0.15) is 0 Å². The number of amides is 1. The van der Waals surface area contributed by atoms with E-state index >= 15 is 0 Å². The fraction of sp³-hybridized carbons (Fsp3) is 0.833. The van der Waals surface area contributed by atoms with Gasteiger partial charge in [0, 0.05) is 6.54 Å². The van der Waals surface area contributed by atoms with E-state index < -0.39 is 23.2 Å². The zero-order chi connectivity index (χ0) is 13.9. The first kappa shape index (κ1) is 15.7. The van der Waals surface area contributed by atoms with Gasteiger partial charge in [-0.1, -0.05) is 6.92 Å². The molecule has 0 saturated heterocycles. The summed E-state index contributed by atoms with van der Waals surface area (Å²) in [5, 5.41) is 9.14. The van der Waals surface area contributed by atoms with Crippen molar-refractivity contribution >= 4 is 12.1 Å². The number of carbonyl (C=O) groups excluding carboxylic acids is 1. The van der Waals surface area contributed by atoms with Crippen LogP contribution in [0.5, 0.6) is 0 Å². The van der Waals surface area contributed by atoms with Crippen LogP contribution in [0.4, 0.5) is 4.79 Å². The highest BCUT2D eigenvalue weighted by Gasteiger charge is 2.39. The lowest BCUT2D eigenvalue weighted by atomic mass is 10.0. The second-order valence-electron chi connectivity index (χ2n) is 5.50. The summed E-state index contributed by atoms with van der Waals surface area (Å²) in [6.45, 7) is 10.5. The quantitative estimate of drug-likeness (QED) is 0.826. The first-order valence-electron chi connectivity index (χ1n) is 5.76. The molecule has 0 spiro atoms. The van der Waals surface area contributed by atoms with Crippen LogP contribution in [0.2, 0.25) is 0 Å². The van der Waals surface area contributed by atoms with Crippen molar-refractivity contribution < 1.29 is 19.4 Å². The highest BCUT2D eigenvalue weighted by molar-refractivity contribution is 5.83. The zero-order valence-electron chi connectivity index (χ0n) is 11.5. The Morgan fingerprint density at radius 1 is 1.18 bits per heavy atom. The average Bonchev–Trinajstić information content (AvgIpc) is 2.10. The van der Waals surface area contributed by atoms with Crippen LogP contribution >= 0.6 is 0 Å². The third kappa shape index (κ3) is 4.63. The smallest absolute Gasteiger partial charge is 0.411 e. The largest absolute Gasteiger partial charge is 0.480 e. The van der Waals surface area contributed by atoms with E-state index in [1.54, 1.807) is 20.8 Å². The van der Waals surface area contributed by atoms with Crippen LogP contribution in [0, 0.1) is 0 Å². The molecule has 1 amide bonds. The second kappa shape index (κ2) is 5.38. The molecule has 0 fully saturated rings. The minimum atomic E-state index is -1.27. The Kier molecular flexibility index (Phi) is 4.98. The molecule has 100 valence electrons. The summed E-state index contributed by atoms with van der Waals surface area (Å²) < 4.78 is 5.21. The molecule has 0 aliphatic heterocycles. The summed E-state index contributed by atoms with van der Waals surface area (Å²) in [5.74, 6) is -1.04. The Labute approximate surface area is 103 Å². The number of carboxylic acid groups (broad SMARTS) is 1. The molecule has 0 aliphatic carbocycles. The number of rotatable bonds is 4. The van der Waals surface area contributed by atoms with Crippen LogP contribution in [-0.4, -0.2) is 39.8 Å². The van der Waals surface area contributed by atoms with Crippen molar-refractivity contribution in [1.82, 2.24) is 4.90 Å². The summed E-state index contributed by atoms with van der Waals surface area (Å²) in [7, 11) is 0. The standard InChI is InChI=1S/C12H23NO4/c1-7-8-13(12(5,6)9(14)15)10(16)17-11(2,3)4/h7-8H2,1-6H3,(H,14,15). The summed E-state index contributed by atoms with van der Waals surface area (Å²) in [5.41, 5.74) is -1.89. The molecule has 1 N–H and O–H groups in total. The Hall–Kier alpha value is -1.26. The molecule has 0 radical (unpaired) electrons. The Bertz CT molecular complexity index is 291. The molecule has 0 aliphatic rings. The van der Waals surface area contributed by atoms with Gasteiger partial charge in [-0.15, -0.1) is 0 Å². The van der Waals surface area contributed by atoms with E-state index in [1.165, 1.54) is 18.7 Å². The normalized spacial score (nSPS) is 12.1. The number of nitrogens with zero attached hydrogens (tertiary/aromatic N) is 1. The van der Waals surface area contributed by atoms with Crippen LogP contribution < -0.4 is 0 Å². The van der Waals surface area contributed by atoms with Gasteiger partial charge in [0.1, 0.15) is 11.1 Å². The SMILES string of the molecule is CCCN(C(=O)OC(C)(C)C)C(C)(C)C(=O)O. The van der Waals surface area contributed by atoms with E-state index in [1.807, 2.05) is 6.92 Å². The Balaban J connectivity index is 4.98. The predicted octanol–water partition coefficient (Wildman–Crippen LogP) is 2.50. The summed E-state index contributed by atoms with van der Waals surface area (Å²) in [4.78, 5) is 24.3. The van der Waals surface area contributed by atoms with Crippen molar-refractivity contribution in [2.75, 3.05) is 6.54 Å². The monoisotopic (exact) mass is 245 g/mol. The van der Waals surface area contributed by atoms with Crippen LogP contribution in [0.25, 0.3) is 0 Å². The fourth-order valence-electron chi connectivity index (χ4n) is 1.26. The molecular formula is C12H23NO4. The predicted molar refractivity (Wildman–Crippen MR) is 64.9 cm³/mol. The number of carbonyl (C=O) groups is 2. The molecule has 0 aromatic heterocycles. The molecule has 5 nitrogen and oxygen atoms in total. The van der Waals surface area contributed by atoms with Crippen LogP contribution in [0.3, 0.4) is 0 Å². The third-order valence-corrected chi connectivity index (χ3v) is 2.26. The first-order chi connectivity index (χ1) is 7.52. The molecule has 0 rings (SSSR count). The first-order valence-corrected chi connectivity index (χ1v) is 5.76. The van der Waals surface area contributed by atoms with E-state index in [2.05, 4.69) is 0 Å². The number of aliphatic carboxylic acids is 1. The molecule has 0 saturated carbocycles. The molecule has 0 heterocycles. The van der Waals surface area contributed by atoms with E-state index in [0.29, 0.717) is 13.0 Å². The number of hydrogen-bond donors (Lipinski definition) is 1. The summed E-state index contributed by atoms with van der Waals surface area (Å²) in [6.07, 6.45) is 0.0856. The van der Waals surface area contributed by atoms with Gasteiger partial charge in [-0.25, -0.2) is 9.59 Å². The van der Waals surface area contributed by atoms with Crippen LogP contribution in [-0.2, 0) is 9.53 Å². The van der Waals surface area contributed by atoms with E-state index in [0.717, 1.165) is 0 Å². The summed E-state index contributed by atoms with van der Waals surface area (Å²) in [6, 6.07) is 0. The highest BCUT2D eigenvalue weighted by Crippen LogP contribution is 2.19. The second-order valence-corrected chi connectivity index (χ2v) is 5.50. The van der Waals surface area contributed by atoms with Gasteiger partial charge in [0.05, 0.1) is 0 Å². The maximum absolute atomic E-state index is 11.9. The van der Waals surface area contributed by atoms with Crippen molar-refractivity contribution in [3.8, 4) is 0 Å². The van der Waals surface area contributed by atoms with Crippen molar-refractivity contribution in [2.24, 2.45) is 0 Å². The number of hydrogen-bond acceptors (Lipinski definition) is 3. The van der Waals surface area contributed by atoms with E-state index in [-0.39, 0.29) is 0 Å². The molecule has 0 aromatic carbocycles. The molecule has 5 heteroatoms. The molecular weight excluding hydrogens is 222 g/mol. The average molecular weight is 245 g/mol. The minimum Gasteiger partial charge on any atom is -0.480 e. The Morgan fingerprint density at radius 3 is 1.94 bits per heavy atom. The molecule has 0 atom stereocenters. The van der Waals surface area contributed by atoms with Gasteiger partial charge < -0.3 is 9.84 Å². The van der Waals surface area contributed by atoms with Crippen molar-refractivity contribution in [3.05, 3.63) is 0 Å². The van der Waals surface area contributed by atoms with Crippen LogP contribution in [0.15, 0.2) is 0 Å². The molecule has 0 aromatic rings.